The van der Waals surface area contributed by atoms with Crippen molar-refractivity contribution in [3.05, 3.63) is 23.8 Å². The summed E-state index contributed by atoms with van der Waals surface area (Å²) in [5.74, 6) is 0.288. The van der Waals surface area contributed by atoms with Crippen LogP contribution < -0.4 is 4.74 Å². The Morgan fingerprint density at radius 3 is 2.43 bits per heavy atom. The number of rotatable bonds is 3. The first-order valence-electron chi connectivity index (χ1n) is 4.29. The summed E-state index contributed by atoms with van der Waals surface area (Å²) in [5, 5.41) is 28.0. The maximum absolute atomic E-state index is 9.52. The van der Waals surface area contributed by atoms with Gasteiger partial charge in [-0.2, -0.15) is 0 Å². The number of hydrogen-bond acceptors (Lipinski definition) is 4. The summed E-state index contributed by atoms with van der Waals surface area (Å²) in [6.45, 7) is 1.49. The normalized spacial score (nSPS) is 14.9. The van der Waals surface area contributed by atoms with Crippen molar-refractivity contribution in [1.82, 2.24) is 0 Å². The molecule has 1 rings (SSSR count). The van der Waals surface area contributed by atoms with E-state index >= 15 is 0 Å². The summed E-state index contributed by atoms with van der Waals surface area (Å²) in [4.78, 5) is 0. The first kappa shape index (κ1) is 10.8. The fraction of sp³-hybridized carbons (Fsp3) is 0.400. The minimum Gasteiger partial charge on any atom is -0.504 e. The quantitative estimate of drug-likeness (QED) is 0.672. The number of phenols is 1. The van der Waals surface area contributed by atoms with Gasteiger partial charge in [0, 0.05) is 0 Å². The molecule has 1 aromatic carbocycles. The summed E-state index contributed by atoms with van der Waals surface area (Å²) in [6.07, 6.45) is -1.83. The van der Waals surface area contributed by atoms with Crippen molar-refractivity contribution in [2.45, 2.75) is 19.1 Å². The molecular formula is C10H14O4. The number of aromatic hydroxyl groups is 1. The predicted octanol–water partition coefficient (Wildman–Crippen LogP) is 0.815. The van der Waals surface area contributed by atoms with Crippen LogP contribution in [0.4, 0.5) is 0 Å². The second kappa shape index (κ2) is 4.30. The Balaban J connectivity index is 3.00. The van der Waals surface area contributed by atoms with E-state index in [0.29, 0.717) is 5.56 Å². The molecule has 0 spiro atoms. The van der Waals surface area contributed by atoms with Gasteiger partial charge in [-0.3, -0.25) is 0 Å². The fourth-order valence-electron chi connectivity index (χ4n) is 1.16. The van der Waals surface area contributed by atoms with Crippen LogP contribution in [-0.4, -0.2) is 28.5 Å². The molecule has 0 aliphatic carbocycles. The molecule has 3 N–H and O–H groups in total. The minimum absolute atomic E-state index is 0.00837. The molecule has 0 bridgehead atoms. The first-order chi connectivity index (χ1) is 6.56. The smallest absolute Gasteiger partial charge is 0.160 e. The average Bonchev–Trinajstić information content (AvgIpc) is 2.17. The second-order valence-corrected chi connectivity index (χ2v) is 3.12. The molecule has 1 aromatic rings. The van der Waals surface area contributed by atoms with Crippen LogP contribution in [0.1, 0.15) is 18.6 Å². The van der Waals surface area contributed by atoms with Gasteiger partial charge in [-0.1, -0.05) is 6.07 Å². The third kappa shape index (κ3) is 2.16. The summed E-state index contributed by atoms with van der Waals surface area (Å²) in [7, 11) is 1.42. The lowest BCUT2D eigenvalue weighted by Gasteiger charge is -2.15. The number of phenolic OH excluding ortho intramolecular Hbond substituents is 1. The van der Waals surface area contributed by atoms with Crippen molar-refractivity contribution < 1.29 is 20.1 Å². The van der Waals surface area contributed by atoms with E-state index in [4.69, 9.17) is 9.84 Å². The highest BCUT2D eigenvalue weighted by molar-refractivity contribution is 5.42. The lowest BCUT2D eigenvalue weighted by Crippen LogP contribution is -2.13. The molecule has 2 atom stereocenters. The van der Waals surface area contributed by atoms with Gasteiger partial charge in [-0.25, -0.2) is 0 Å². The fourth-order valence-corrected chi connectivity index (χ4v) is 1.16. The molecule has 0 amide bonds. The van der Waals surface area contributed by atoms with Crippen LogP contribution >= 0.6 is 0 Å². The van der Waals surface area contributed by atoms with Crippen LogP contribution in [-0.2, 0) is 0 Å². The van der Waals surface area contributed by atoms with E-state index in [0.717, 1.165) is 0 Å². The lowest BCUT2D eigenvalue weighted by atomic mass is 10.1. The molecule has 0 fully saturated rings. The highest BCUT2D eigenvalue weighted by Gasteiger charge is 2.15. The molecule has 0 saturated heterocycles. The SMILES string of the molecule is COc1cc([C@H](O)[C@H](C)O)ccc1O. The summed E-state index contributed by atoms with van der Waals surface area (Å²) >= 11 is 0. The van der Waals surface area contributed by atoms with Gasteiger partial charge < -0.3 is 20.1 Å². The van der Waals surface area contributed by atoms with Crippen LogP contribution in [0.2, 0.25) is 0 Å². The summed E-state index contributed by atoms with van der Waals surface area (Å²) < 4.78 is 4.87. The molecule has 0 aliphatic heterocycles. The Morgan fingerprint density at radius 1 is 1.29 bits per heavy atom. The van der Waals surface area contributed by atoms with Gasteiger partial charge >= 0.3 is 0 Å². The standard InChI is InChI=1S/C10H14O4/c1-6(11)10(13)7-3-4-8(12)9(5-7)14-2/h3-6,10-13H,1-2H3/t6-,10+/m0/s1. The van der Waals surface area contributed by atoms with E-state index in [9.17, 15) is 10.2 Å². The Kier molecular flexibility index (Phi) is 3.33. The molecule has 78 valence electrons. The topological polar surface area (TPSA) is 69.9 Å². The third-order valence-corrected chi connectivity index (χ3v) is 2.00. The minimum atomic E-state index is -0.968. The second-order valence-electron chi connectivity index (χ2n) is 3.12. The van der Waals surface area contributed by atoms with E-state index in [1.54, 1.807) is 0 Å². The Bertz CT molecular complexity index is 309. The van der Waals surface area contributed by atoms with E-state index in [1.165, 1.54) is 32.2 Å². The van der Waals surface area contributed by atoms with E-state index in [-0.39, 0.29) is 11.5 Å². The van der Waals surface area contributed by atoms with Crippen molar-refractivity contribution in [2.75, 3.05) is 7.11 Å². The predicted molar refractivity (Wildman–Crippen MR) is 51.3 cm³/mol. The van der Waals surface area contributed by atoms with E-state index < -0.39 is 12.2 Å². The molecule has 0 radical (unpaired) electrons. The lowest BCUT2D eigenvalue weighted by molar-refractivity contribution is 0.0304. The Morgan fingerprint density at radius 2 is 1.93 bits per heavy atom. The first-order valence-corrected chi connectivity index (χ1v) is 4.29. The third-order valence-electron chi connectivity index (χ3n) is 2.00. The zero-order valence-corrected chi connectivity index (χ0v) is 8.14. The van der Waals surface area contributed by atoms with Crippen molar-refractivity contribution in [2.24, 2.45) is 0 Å². The van der Waals surface area contributed by atoms with Gasteiger partial charge in [0.05, 0.1) is 13.2 Å². The van der Waals surface area contributed by atoms with Gasteiger partial charge in [0.15, 0.2) is 11.5 Å². The molecule has 0 unspecified atom stereocenters. The zero-order chi connectivity index (χ0) is 10.7. The number of methoxy groups -OCH3 is 1. The molecule has 4 nitrogen and oxygen atoms in total. The van der Waals surface area contributed by atoms with Crippen molar-refractivity contribution in [1.29, 1.82) is 0 Å². The van der Waals surface area contributed by atoms with Gasteiger partial charge in [0.1, 0.15) is 6.10 Å². The summed E-state index contributed by atoms with van der Waals surface area (Å²) in [5.41, 5.74) is 0.509. The molecule has 14 heavy (non-hydrogen) atoms. The Hall–Kier alpha value is -1.26. The van der Waals surface area contributed by atoms with Crippen LogP contribution in [0.25, 0.3) is 0 Å². The van der Waals surface area contributed by atoms with Crippen LogP contribution in [0.15, 0.2) is 18.2 Å². The summed E-state index contributed by atoms with van der Waals surface area (Å²) in [6, 6.07) is 4.45. The maximum atomic E-state index is 9.52. The van der Waals surface area contributed by atoms with Gasteiger partial charge in [-0.15, -0.1) is 0 Å². The average molecular weight is 198 g/mol. The van der Waals surface area contributed by atoms with Crippen molar-refractivity contribution in [3.8, 4) is 11.5 Å². The highest BCUT2D eigenvalue weighted by Crippen LogP contribution is 2.29. The van der Waals surface area contributed by atoms with Crippen molar-refractivity contribution in [3.63, 3.8) is 0 Å². The molecular weight excluding hydrogens is 184 g/mol. The number of ether oxygens (including phenoxy) is 1. The molecule has 0 aromatic heterocycles. The van der Waals surface area contributed by atoms with Gasteiger partial charge in [0.25, 0.3) is 0 Å². The van der Waals surface area contributed by atoms with Crippen LogP contribution in [0.3, 0.4) is 0 Å². The molecule has 0 heterocycles. The number of benzene rings is 1. The van der Waals surface area contributed by atoms with E-state index in [1.807, 2.05) is 0 Å². The number of aliphatic hydroxyl groups excluding tert-OH is 2. The number of aliphatic hydroxyl groups is 2. The van der Waals surface area contributed by atoms with Crippen molar-refractivity contribution >= 4 is 0 Å². The molecule has 4 heteroatoms. The highest BCUT2D eigenvalue weighted by atomic mass is 16.5. The number of hydrogen-bond donors (Lipinski definition) is 3. The zero-order valence-electron chi connectivity index (χ0n) is 8.14. The van der Waals surface area contributed by atoms with Gasteiger partial charge in [0.2, 0.25) is 0 Å². The largest absolute Gasteiger partial charge is 0.504 e. The van der Waals surface area contributed by atoms with Gasteiger partial charge in [-0.05, 0) is 24.6 Å². The van der Waals surface area contributed by atoms with E-state index in [2.05, 4.69) is 0 Å². The van der Waals surface area contributed by atoms with Crippen LogP contribution in [0, 0.1) is 0 Å². The monoisotopic (exact) mass is 198 g/mol. The Labute approximate surface area is 82.4 Å². The molecule has 0 aliphatic rings. The van der Waals surface area contributed by atoms with Crippen LogP contribution in [0.5, 0.6) is 11.5 Å². The maximum Gasteiger partial charge on any atom is 0.160 e. The molecule has 0 saturated carbocycles.